The normalized spacial score (nSPS) is 10.4. The Morgan fingerprint density at radius 1 is 1.07 bits per heavy atom. The van der Waals surface area contributed by atoms with Crippen LogP contribution in [0.25, 0.3) is 0 Å². The van der Waals surface area contributed by atoms with Gasteiger partial charge in [-0.25, -0.2) is 5.11 Å². The second kappa shape index (κ2) is 6.74. The lowest BCUT2D eigenvalue weighted by Gasteiger charge is -2.01. The van der Waals surface area contributed by atoms with E-state index in [1.165, 1.54) is 4.90 Å². The summed E-state index contributed by atoms with van der Waals surface area (Å²) in [7, 11) is 0. The van der Waals surface area contributed by atoms with Crippen LogP contribution in [0.1, 0.15) is 19.3 Å². The highest BCUT2D eigenvalue weighted by molar-refractivity contribution is 7.99. The molecule has 0 saturated carbocycles. The number of thioether (sulfide) groups is 1. The molecule has 1 radical (unpaired) electrons. The molecule has 14 heavy (non-hydrogen) atoms. The number of nitrogen functional groups attached to an aromatic ring is 1. The van der Waals surface area contributed by atoms with Crippen molar-refractivity contribution in [3.05, 3.63) is 24.3 Å². The summed E-state index contributed by atoms with van der Waals surface area (Å²) < 4.78 is 0. The van der Waals surface area contributed by atoms with Gasteiger partial charge in [-0.1, -0.05) is 6.42 Å². The second-order valence-corrected chi connectivity index (χ2v) is 4.35. The van der Waals surface area contributed by atoms with Crippen LogP contribution < -0.4 is 5.73 Å². The minimum atomic E-state index is 0.0620. The van der Waals surface area contributed by atoms with Gasteiger partial charge in [0.1, 0.15) is 0 Å². The van der Waals surface area contributed by atoms with Crippen molar-refractivity contribution in [1.82, 2.24) is 0 Å². The highest BCUT2D eigenvalue weighted by Crippen LogP contribution is 2.20. The largest absolute Gasteiger partial charge is 0.399 e. The van der Waals surface area contributed by atoms with Gasteiger partial charge in [-0.15, -0.1) is 11.8 Å². The molecule has 0 saturated heterocycles. The van der Waals surface area contributed by atoms with E-state index >= 15 is 0 Å². The molecule has 0 heterocycles. The Balaban J connectivity index is 2.15. The molecular weight excluding hydrogens is 194 g/mol. The van der Waals surface area contributed by atoms with Gasteiger partial charge in [-0.3, -0.25) is 0 Å². The molecule has 2 N–H and O–H groups in total. The maximum Gasteiger partial charge on any atom is 0.0822 e. The molecule has 1 aromatic rings. The average molecular weight is 210 g/mol. The van der Waals surface area contributed by atoms with Crippen molar-refractivity contribution < 1.29 is 5.11 Å². The lowest BCUT2D eigenvalue weighted by Crippen LogP contribution is -1.85. The Kier molecular flexibility index (Phi) is 5.49. The van der Waals surface area contributed by atoms with Crippen LogP contribution in [0.3, 0.4) is 0 Å². The maximum absolute atomic E-state index is 10.2. The van der Waals surface area contributed by atoms with E-state index in [0.29, 0.717) is 0 Å². The molecule has 0 fully saturated rings. The molecule has 0 aliphatic rings. The molecular formula is C11H16NOS. The summed E-state index contributed by atoms with van der Waals surface area (Å²) in [6, 6.07) is 7.90. The Bertz CT molecular complexity index is 248. The number of unbranched alkanes of at least 4 members (excludes halogenated alkanes) is 2. The monoisotopic (exact) mass is 210 g/mol. The maximum atomic E-state index is 10.2. The Morgan fingerprint density at radius 2 is 1.79 bits per heavy atom. The minimum Gasteiger partial charge on any atom is -0.399 e. The summed E-state index contributed by atoms with van der Waals surface area (Å²) in [6.07, 6.45) is 2.98. The molecule has 0 amide bonds. The van der Waals surface area contributed by atoms with Gasteiger partial charge >= 0.3 is 0 Å². The predicted molar refractivity (Wildman–Crippen MR) is 61.0 cm³/mol. The van der Waals surface area contributed by atoms with Gasteiger partial charge in [-0.2, -0.15) is 0 Å². The van der Waals surface area contributed by atoms with Gasteiger partial charge in [0.15, 0.2) is 0 Å². The van der Waals surface area contributed by atoms with Gasteiger partial charge in [0, 0.05) is 10.6 Å². The quantitative estimate of drug-likeness (QED) is 0.446. The Labute approximate surface area is 89.5 Å². The van der Waals surface area contributed by atoms with Crippen molar-refractivity contribution in [2.75, 3.05) is 18.1 Å². The first-order valence-corrected chi connectivity index (χ1v) is 5.88. The van der Waals surface area contributed by atoms with E-state index in [1.54, 1.807) is 0 Å². The third kappa shape index (κ3) is 4.53. The number of nitrogens with two attached hydrogens (primary N) is 1. The highest BCUT2D eigenvalue weighted by atomic mass is 32.2. The van der Waals surface area contributed by atoms with E-state index in [9.17, 15) is 5.11 Å². The summed E-state index contributed by atoms with van der Waals surface area (Å²) in [6.45, 7) is 0.0620. The summed E-state index contributed by atoms with van der Waals surface area (Å²) in [5, 5.41) is 10.2. The van der Waals surface area contributed by atoms with Crippen LogP contribution in [-0.4, -0.2) is 12.4 Å². The number of hydrogen-bond donors (Lipinski definition) is 1. The van der Waals surface area contributed by atoms with E-state index in [4.69, 9.17) is 5.73 Å². The van der Waals surface area contributed by atoms with Crippen LogP contribution in [-0.2, 0) is 5.11 Å². The number of benzene rings is 1. The summed E-state index contributed by atoms with van der Waals surface area (Å²) in [4.78, 5) is 1.25. The Morgan fingerprint density at radius 3 is 2.43 bits per heavy atom. The van der Waals surface area contributed by atoms with Crippen LogP contribution in [0.5, 0.6) is 0 Å². The average Bonchev–Trinajstić information content (AvgIpc) is 2.21. The molecule has 0 aromatic heterocycles. The fourth-order valence-electron chi connectivity index (χ4n) is 1.13. The van der Waals surface area contributed by atoms with Crippen molar-refractivity contribution in [3.8, 4) is 0 Å². The fourth-order valence-corrected chi connectivity index (χ4v) is 2.05. The third-order valence-electron chi connectivity index (χ3n) is 1.94. The van der Waals surface area contributed by atoms with Crippen molar-refractivity contribution >= 4 is 17.4 Å². The van der Waals surface area contributed by atoms with Crippen LogP contribution in [0.15, 0.2) is 29.2 Å². The second-order valence-electron chi connectivity index (χ2n) is 3.18. The van der Waals surface area contributed by atoms with E-state index < -0.39 is 0 Å². The molecule has 0 atom stereocenters. The van der Waals surface area contributed by atoms with Gasteiger partial charge in [0.2, 0.25) is 0 Å². The Hall–Kier alpha value is -0.670. The van der Waals surface area contributed by atoms with E-state index in [-0.39, 0.29) is 6.61 Å². The standard InChI is InChI=1S/C11H16NOS/c12-10-4-6-11(7-5-10)14-9-3-1-2-8-13/h4-7H,1-3,8-9,12H2. The molecule has 3 heteroatoms. The van der Waals surface area contributed by atoms with Crippen molar-refractivity contribution in [3.63, 3.8) is 0 Å². The number of anilines is 1. The summed E-state index contributed by atoms with van der Waals surface area (Å²) in [5.41, 5.74) is 6.38. The third-order valence-corrected chi connectivity index (χ3v) is 3.04. The van der Waals surface area contributed by atoms with Crippen LogP contribution in [0.4, 0.5) is 5.69 Å². The van der Waals surface area contributed by atoms with Crippen molar-refractivity contribution in [2.45, 2.75) is 24.2 Å². The summed E-state index contributed by atoms with van der Waals surface area (Å²) in [5.74, 6) is 1.09. The molecule has 0 aliphatic carbocycles. The van der Waals surface area contributed by atoms with Gasteiger partial charge in [-0.05, 0) is 42.9 Å². The first kappa shape index (κ1) is 11.4. The first-order valence-electron chi connectivity index (χ1n) is 4.89. The zero-order valence-corrected chi connectivity index (χ0v) is 9.06. The smallest absolute Gasteiger partial charge is 0.0822 e. The predicted octanol–water partition coefficient (Wildman–Crippen LogP) is 2.96. The zero-order chi connectivity index (χ0) is 10.2. The minimum absolute atomic E-state index is 0.0620. The number of rotatable bonds is 6. The van der Waals surface area contributed by atoms with Gasteiger partial charge < -0.3 is 5.73 Å². The van der Waals surface area contributed by atoms with Crippen LogP contribution >= 0.6 is 11.8 Å². The zero-order valence-electron chi connectivity index (χ0n) is 8.24. The molecule has 0 aliphatic heterocycles. The molecule has 77 valence electrons. The topological polar surface area (TPSA) is 45.9 Å². The molecule has 1 aromatic carbocycles. The SMILES string of the molecule is Nc1ccc(SCCCCC[O])cc1. The van der Waals surface area contributed by atoms with E-state index in [1.807, 2.05) is 36.0 Å². The van der Waals surface area contributed by atoms with E-state index in [2.05, 4.69) is 0 Å². The molecule has 0 unspecified atom stereocenters. The molecule has 0 bridgehead atoms. The fraction of sp³-hybridized carbons (Fsp3) is 0.455. The molecule has 0 spiro atoms. The summed E-state index contributed by atoms with van der Waals surface area (Å²) >= 11 is 1.82. The lowest BCUT2D eigenvalue weighted by atomic mass is 10.3. The highest BCUT2D eigenvalue weighted by Gasteiger charge is 1.94. The van der Waals surface area contributed by atoms with Crippen LogP contribution in [0.2, 0.25) is 0 Å². The molecule has 1 rings (SSSR count). The van der Waals surface area contributed by atoms with Crippen molar-refractivity contribution in [2.24, 2.45) is 0 Å². The lowest BCUT2D eigenvalue weighted by molar-refractivity contribution is 0.186. The van der Waals surface area contributed by atoms with Gasteiger partial charge in [0.05, 0.1) is 6.61 Å². The van der Waals surface area contributed by atoms with Crippen molar-refractivity contribution in [1.29, 1.82) is 0 Å². The number of hydrogen-bond acceptors (Lipinski definition) is 2. The van der Waals surface area contributed by atoms with E-state index in [0.717, 1.165) is 30.7 Å². The molecule has 2 nitrogen and oxygen atoms in total. The first-order chi connectivity index (χ1) is 6.83. The van der Waals surface area contributed by atoms with Crippen LogP contribution in [0, 0.1) is 0 Å². The van der Waals surface area contributed by atoms with Gasteiger partial charge in [0.25, 0.3) is 0 Å².